The molecule has 0 spiro atoms. The maximum atomic E-state index is 12.2. The minimum Gasteiger partial charge on any atom is -0.488 e. The molecule has 2 aliphatic heterocycles. The Bertz CT molecular complexity index is 954. The van der Waals surface area contributed by atoms with E-state index in [2.05, 4.69) is 26.6 Å². The normalized spacial score (nSPS) is 18.1. The summed E-state index contributed by atoms with van der Waals surface area (Å²) in [5, 5.41) is 5.83. The zero-order valence-electron chi connectivity index (χ0n) is 13.8. The molecule has 7 heteroatoms. The first-order chi connectivity index (χ1) is 12.5. The summed E-state index contributed by atoms with van der Waals surface area (Å²) in [5.41, 5.74) is 3.44. The second-order valence-corrected chi connectivity index (χ2v) is 6.85. The minimum atomic E-state index is -0.393. The van der Waals surface area contributed by atoms with Gasteiger partial charge in [-0.25, -0.2) is 4.79 Å². The highest BCUT2D eigenvalue weighted by atomic mass is 79.9. The molecule has 1 unspecified atom stereocenters. The Morgan fingerprint density at radius 2 is 2.08 bits per heavy atom. The molecule has 2 aromatic rings. The van der Waals surface area contributed by atoms with E-state index in [4.69, 9.17) is 9.47 Å². The molecule has 2 N–H and O–H groups in total. The van der Waals surface area contributed by atoms with Crippen LogP contribution in [-0.2, 0) is 4.79 Å². The number of halogens is 1. The van der Waals surface area contributed by atoms with Gasteiger partial charge in [0.25, 0.3) is 0 Å². The maximum absolute atomic E-state index is 12.2. The third-order valence-electron chi connectivity index (χ3n) is 4.27. The molecule has 0 saturated heterocycles. The predicted octanol–water partition coefficient (Wildman–Crippen LogP) is 3.53. The smallest absolute Gasteiger partial charge is 0.320 e. The van der Waals surface area contributed by atoms with Crippen molar-refractivity contribution in [3.05, 3.63) is 63.6 Å². The van der Waals surface area contributed by atoms with Crippen LogP contribution < -0.4 is 20.1 Å². The summed E-state index contributed by atoms with van der Waals surface area (Å²) in [5.74, 6) is 0.787. The van der Waals surface area contributed by atoms with Gasteiger partial charge in [0, 0.05) is 18.1 Å². The lowest BCUT2D eigenvalue weighted by molar-refractivity contribution is -0.131. The SMILES string of the molecule is CC(=O)Oc1ccc(C2NC(=O)NC3=C2COc2ccccc23)cc1Br. The van der Waals surface area contributed by atoms with Crippen LogP contribution >= 0.6 is 15.9 Å². The fourth-order valence-electron chi connectivity index (χ4n) is 3.16. The molecule has 132 valence electrons. The topological polar surface area (TPSA) is 76.7 Å². The largest absolute Gasteiger partial charge is 0.488 e. The van der Waals surface area contributed by atoms with E-state index in [0.29, 0.717) is 16.8 Å². The molecule has 2 heterocycles. The average molecular weight is 415 g/mol. The van der Waals surface area contributed by atoms with E-state index < -0.39 is 5.97 Å². The van der Waals surface area contributed by atoms with Crippen molar-refractivity contribution in [2.75, 3.05) is 6.61 Å². The summed E-state index contributed by atoms with van der Waals surface area (Å²) in [4.78, 5) is 23.4. The Morgan fingerprint density at radius 1 is 1.27 bits per heavy atom. The van der Waals surface area contributed by atoms with Gasteiger partial charge < -0.3 is 20.1 Å². The highest BCUT2D eigenvalue weighted by Gasteiger charge is 2.33. The zero-order chi connectivity index (χ0) is 18.3. The molecule has 0 aromatic heterocycles. The van der Waals surface area contributed by atoms with Crippen molar-refractivity contribution in [3.8, 4) is 11.5 Å². The van der Waals surface area contributed by atoms with Crippen LogP contribution in [0.2, 0.25) is 0 Å². The number of para-hydroxylation sites is 1. The van der Waals surface area contributed by atoms with Crippen LogP contribution in [0.4, 0.5) is 4.79 Å². The Labute approximate surface area is 158 Å². The number of fused-ring (bicyclic) bond motifs is 2. The van der Waals surface area contributed by atoms with Crippen LogP contribution in [0.15, 0.2) is 52.5 Å². The molecule has 4 rings (SSSR count). The minimum absolute atomic E-state index is 0.273. The number of hydrogen-bond acceptors (Lipinski definition) is 4. The quantitative estimate of drug-likeness (QED) is 0.581. The van der Waals surface area contributed by atoms with Gasteiger partial charge in [-0.2, -0.15) is 0 Å². The van der Waals surface area contributed by atoms with Gasteiger partial charge in [-0.05, 0) is 45.8 Å². The molecule has 6 nitrogen and oxygen atoms in total. The van der Waals surface area contributed by atoms with E-state index >= 15 is 0 Å². The van der Waals surface area contributed by atoms with Crippen LogP contribution in [0.1, 0.15) is 24.1 Å². The summed E-state index contributed by atoms with van der Waals surface area (Å²) in [6, 6.07) is 12.4. The molecule has 2 aliphatic rings. The van der Waals surface area contributed by atoms with Crippen LogP contribution in [0.25, 0.3) is 5.70 Å². The summed E-state index contributed by atoms with van der Waals surface area (Å²) >= 11 is 3.42. The molecule has 2 amide bonds. The highest BCUT2D eigenvalue weighted by molar-refractivity contribution is 9.10. The van der Waals surface area contributed by atoms with Crippen molar-refractivity contribution in [2.24, 2.45) is 0 Å². The number of nitrogens with one attached hydrogen (secondary N) is 2. The number of ether oxygens (including phenoxy) is 2. The van der Waals surface area contributed by atoms with Crippen molar-refractivity contribution in [1.82, 2.24) is 10.6 Å². The van der Waals surface area contributed by atoms with Crippen molar-refractivity contribution >= 4 is 33.6 Å². The monoisotopic (exact) mass is 414 g/mol. The molecule has 2 aromatic carbocycles. The lowest BCUT2D eigenvalue weighted by atomic mass is 9.91. The first-order valence-corrected chi connectivity index (χ1v) is 8.83. The van der Waals surface area contributed by atoms with Gasteiger partial charge in [-0.3, -0.25) is 4.79 Å². The second-order valence-electron chi connectivity index (χ2n) is 6.00. The van der Waals surface area contributed by atoms with Crippen molar-refractivity contribution < 1.29 is 19.1 Å². The highest BCUT2D eigenvalue weighted by Crippen LogP contribution is 2.39. The van der Waals surface area contributed by atoms with Gasteiger partial charge in [-0.15, -0.1) is 0 Å². The van der Waals surface area contributed by atoms with Gasteiger partial charge in [0.05, 0.1) is 16.2 Å². The molecule has 0 fully saturated rings. The number of esters is 1. The molecular formula is C19H15BrN2O4. The number of amides is 2. The Balaban J connectivity index is 1.76. The van der Waals surface area contributed by atoms with Crippen LogP contribution in [0, 0.1) is 0 Å². The van der Waals surface area contributed by atoms with Crippen LogP contribution in [0.5, 0.6) is 11.5 Å². The van der Waals surface area contributed by atoms with Crippen molar-refractivity contribution in [1.29, 1.82) is 0 Å². The van der Waals surface area contributed by atoms with E-state index in [9.17, 15) is 9.59 Å². The molecule has 0 bridgehead atoms. The molecule has 0 aliphatic carbocycles. The van der Waals surface area contributed by atoms with Gasteiger partial charge in [0.1, 0.15) is 18.1 Å². The Morgan fingerprint density at radius 3 is 2.85 bits per heavy atom. The van der Waals surface area contributed by atoms with E-state index in [1.54, 1.807) is 6.07 Å². The van der Waals surface area contributed by atoms with E-state index in [1.165, 1.54) is 6.92 Å². The van der Waals surface area contributed by atoms with Crippen molar-refractivity contribution in [2.45, 2.75) is 13.0 Å². The molecule has 0 saturated carbocycles. The Kier molecular flexibility index (Phi) is 4.16. The summed E-state index contributed by atoms with van der Waals surface area (Å²) in [7, 11) is 0. The summed E-state index contributed by atoms with van der Waals surface area (Å²) < 4.78 is 11.6. The lowest BCUT2D eigenvalue weighted by Crippen LogP contribution is -2.45. The predicted molar refractivity (Wildman–Crippen MR) is 98.7 cm³/mol. The second kappa shape index (κ2) is 6.49. The van der Waals surface area contributed by atoms with Gasteiger partial charge in [-0.1, -0.05) is 18.2 Å². The molecular weight excluding hydrogens is 400 g/mol. The van der Waals surface area contributed by atoms with Gasteiger partial charge in [0.15, 0.2) is 0 Å². The number of hydrogen-bond donors (Lipinski definition) is 2. The van der Waals surface area contributed by atoms with Crippen LogP contribution in [-0.4, -0.2) is 18.6 Å². The molecule has 1 atom stereocenters. The average Bonchev–Trinajstić information content (AvgIpc) is 2.62. The number of urea groups is 1. The zero-order valence-corrected chi connectivity index (χ0v) is 15.4. The fraction of sp³-hybridized carbons (Fsp3) is 0.158. The third kappa shape index (κ3) is 2.94. The van der Waals surface area contributed by atoms with E-state index in [1.807, 2.05) is 36.4 Å². The third-order valence-corrected chi connectivity index (χ3v) is 4.89. The number of benzene rings is 2. The maximum Gasteiger partial charge on any atom is 0.320 e. The van der Waals surface area contributed by atoms with Crippen LogP contribution in [0.3, 0.4) is 0 Å². The summed E-state index contributed by atoms with van der Waals surface area (Å²) in [6.07, 6.45) is 0. The molecule has 0 radical (unpaired) electrons. The van der Waals surface area contributed by atoms with E-state index in [0.717, 1.165) is 28.1 Å². The van der Waals surface area contributed by atoms with E-state index in [-0.39, 0.29) is 12.1 Å². The molecule has 26 heavy (non-hydrogen) atoms. The number of carbonyl (C=O) groups is 2. The van der Waals surface area contributed by atoms with Crippen molar-refractivity contribution in [3.63, 3.8) is 0 Å². The number of carbonyl (C=O) groups excluding carboxylic acids is 2. The van der Waals surface area contributed by atoms with Gasteiger partial charge >= 0.3 is 12.0 Å². The first kappa shape index (κ1) is 16.7. The Hall–Kier alpha value is -2.80. The van der Waals surface area contributed by atoms with Gasteiger partial charge in [0.2, 0.25) is 0 Å². The first-order valence-electron chi connectivity index (χ1n) is 8.03. The number of rotatable bonds is 2. The lowest BCUT2D eigenvalue weighted by Gasteiger charge is -2.34. The fourth-order valence-corrected chi connectivity index (χ4v) is 3.64. The standard InChI is InChI=1S/C19H15BrN2O4/c1-10(23)26-16-7-6-11(8-14(16)20)17-13-9-25-15-5-3-2-4-12(15)18(13)22-19(24)21-17/h2-8,17H,9H2,1H3,(H2,21,22,24). The summed E-state index contributed by atoms with van der Waals surface area (Å²) in [6.45, 7) is 1.72.